The summed E-state index contributed by atoms with van der Waals surface area (Å²) in [5, 5.41) is 0. The maximum Gasteiger partial charge on any atom is 0.376 e. The first kappa shape index (κ1) is 41.1. The van der Waals surface area contributed by atoms with Gasteiger partial charge < -0.3 is 9.47 Å². The highest BCUT2D eigenvalue weighted by Crippen LogP contribution is 2.30. The zero-order chi connectivity index (χ0) is 36.3. The van der Waals surface area contributed by atoms with Gasteiger partial charge in [0.25, 0.3) is 0 Å². The molecule has 0 saturated carbocycles. The Balaban J connectivity index is 0.000000245. The van der Waals surface area contributed by atoms with E-state index in [1.54, 1.807) is 0 Å². The molecule has 1 saturated heterocycles. The molecule has 1 aliphatic rings. The molecule has 0 bridgehead atoms. The predicted octanol–water partition coefficient (Wildman–Crippen LogP) is 8.69. The lowest BCUT2D eigenvalue weighted by molar-refractivity contribution is -0.166. The monoisotopic (exact) mass is 718 g/mol. The molecule has 5 nitrogen and oxygen atoms in total. The normalized spacial score (nSPS) is 12.6. The van der Waals surface area contributed by atoms with Crippen LogP contribution in [0.15, 0.2) is 136 Å². The number of halogens is 4. The van der Waals surface area contributed by atoms with Crippen LogP contribution in [0.5, 0.6) is 0 Å². The van der Waals surface area contributed by atoms with Crippen molar-refractivity contribution in [2.24, 2.45) is 0 Å². The van der Waals surface area contributed by atoms with Crippen molar-refractivity contribution in [3.63, 3.8) is 0 Å². The molecule has 11 heteroatoms. The lowest BCUT2D eigenvalue weighted by Crippen LogP contribution is -2.25. The van der Waals surface area contributed by atoms with E-state index in [1.165, 1.54) is 39.0 Å². The van der Waals surface area contributed by atoms with Gasteiger partial charge in [0.15, 0.2) is 20.4 Å². The van der Waals surface area contributed by atoms with Gasteiger partial charge in [-0.05, 0) is 60.1 Å². The molecule has 1 heterocycles. The Kier molecular flexibility index (Phi) is 17.7. The molecule has 0 aromatic heterocycles. The van der Waals surface area contributed by atoms with Crippen molar-refractivity contribution < 1.29 is 41.4 Å². The van der Waals surface area contributed by atoms with Gasteiger partial charge in [-0.1, -0.05) is 84.9 Å². The second-order valence-corrected chi connectivity index (χ2v) is 15.0. The summed E-state index contributed by atoms with van der Waals surface area (Å²) in [5.74, 6) is -6.05. The van der Waals surface area contributed by atoms with Gasteiger partial charge in [-0.2, -0.15) is 17.6 Å². The average Bonchev–Trinajstić information content (AvgIpc) is 3.62. The molecular weight excluding hydrogens is 677 g/mol. The second-order valence-electron chi connectivity index (χ2n) is 10.7. The van der Waals surface area contributed by atoms with Crippen LogP contribution in [0.2, 0.25) is 0 Å². The van der Waals surface area contributed by atoms with E-state index in [1.807, 2.05) is 30.3 Å². The van der Waals surface area contributed by atoms with E-state index < -0.39 is 23.8 Å². The van der Waals surface area contributed by atoms with Crippen molar-refractivity contribution in [3.8, 4) is 0 Å². The highest BCUT2D eigenvalue weighted by atomic mass is 32.2. The number of esters is 2. The number of benzene rings is 4. The summed E-state index contributed by atoms with van der Waals surface area (Å²) in [6.07, 6.45) is 2.65. The molecule has 0 atom stereocenters. The molecule has 0 N–H and O–H groups in total. The van der Waals surface area contributed by atoms with Crippen LogP contribution in [0.1, 0.15) is 37.0 Å². The smallest absolute Gasteiger partial charge is 0.376 e. The third-order valence-electron chi connectivity index (χ3n) is 6.57. The van der Waals surface area contributed by atoms with Gasteiger partial charge >= 0.3 is 23.8 Å². The predicted molar refractivity (Wildman–Crippen MR) is 189 cm³/mol. The van der Waals surface area contributed by atoms with Gasteiger partial charge in [-0.15, -0.1) is 0 Å². The summed E-state index contributed by atoms with van der Waals surface area (Å²) in [5.41, 5.74) is 0.881. The fourth-order valence-electron chi connectivity index (χ4n) is 4.19. The van der Waals surface area contributed by atoms with E-state index in [0.29, 0.717) is 30.5 Å². The van der Waals surface area contributed by atoms with Crippen molar-refractivity contribution in [1.82, 2.24) is 0 Å². The number of ether oxygens (including phenoxy) is 2. The van der Waals surface area contributed by atoms with E-state index in [4.69, 9.17) is 0 Å². The molecule has 4 aromatic carbocycles. The van der Waals surface area contributed by atoms with Crippen molar-refractivity contribution in [2.75, 3.05) is 31.5 Å². The largest absolute Gasteiger partial charge is 0.465 e. The Bertz CT molecular complexity index is 1410. The Morgan fingerprint density at radius 3 is 1.16 bits per heavy atom. The lowest BCUT2D eigenvalue weighted by Gasteiger charge is -2.07. The third-order valence-corrected chi connectivity index (χ3v) is 11.2. The average molecular weight is 719 g/mol. The number of hydrogen-bond donors (Lipinski definition) is 0. The van der Waals surface area contributed by atoms with Crippen LogP contribution in [0.25, 0.3) is 0 Å². The first-order valence-corrected chi connectivity index (χ1v) is 18.3. The van der Waals surface area contributed by atoms with E-state index in [9.17, 15) is 31.9 Å². The molecule has 4 aromatic rings. The van der Waals surface area contributed by atoms with Crippen molar-refractivity contribution in [1.29, 1.82) is 0 Å². The van der Waals surface area contributed by atoms with Crippen LogP contribution >= 0.6 is 0 Å². The lowest BCUT2D eigenvalue weighted by atomic mass is 10.2. The molecule has 49 heavy (non-hydrogen) atoms. The summed E-state index contributed by atoms with van der Waals surface area (Å²) < 4.78 is 54.0. The zero-order valence-electron chi connectivity index (χ0n) is 28.0. The Labute approximate surface area is 291 Å². The minimum absolute atomic E-state index is 0.0146. The number of carbonyl (C=O) groups is 3. The van der Waals surface area contributed by atoms with Crippen molar-refractivity contribution in [3.05, 3.63) is 127 Å². The Hall–Kier alpha value is -4.09. The van der Waals surface area contributed by atoms with Crippen molar-refractivity contribution in [2.45, 2.75) is 53.2 Å². The van der Waals surface area contributed by atoms with Crippen LogP contribution < -0.4 is 0 Å². The number of rotatable bonds is 8. The Morgan fingerprint density at radius 1 is 0.592 bits per heavy atom. The molecule has 262 valence electrons. The minimum atomic E-state index is -3.35. The van der Waals surface area contributed by atoms with Gasteiger partial charge in [0.2, 0.25) is 5.78 Å². The maximum atomic E-state index is 11.8. The summed E-state index contributed by atoms with van der Waals surface area (Å²) in [6.45, 7) is 0.970. The Morgan fingerprint density at radius 2 is 0.898 bits per heavy atom. The number of methoxy groups -OCH3 is 2. The van der Waals surface area contributed by atoms with E-state index >= 15 is 0 Å². The number of Topliss-reactive ketones (excluding diaryl/α,β-unsaturated/α-hetero) is 1. The first-order valence-electron chi connectivity index (χ1n) is 15.3. The third kappa shape index (κ3) is 15.3. The number of ketones is 1. The van der Waals surface area contributed by atoms with Crippen molar-refractivity contribution >= 4 is 39.5 Å². The van der Waals surface area contributed by atoms with Gasteiger partial charge in [-0.25, -0.2) is 9.59 Å². The standard InChI is InChI=1S/C18H15S.C12H15OS.2C4H6F2O2/c1-4-10-16(11-5-1)19(17-12-6-2-7-13-17)18-14-8-3-9-15-18;13-12(10-14-8-4-5-9-14)11-6-2-1-3-7-11;2*1-4(5,6)3(7)8-2/h1-15H;1-3,6-7H,4-5,8-10H2;2*1-2H3/q2*+1;;. The fraction of sp³-hybridized carbons (Fsp3) is 0.289. The molecule has 0 amide bonds. The minimum Gasteiger partial charge on any atom is -0.465 e. The fourth-order valence-corrected chi connectivity index (χ4v) is 8.55. The summed E-state index contributed by atoms with van der Waals surface area (Å²) in [6, 6.07) is 41.8. The summed E-state index contributed by atoms with van der Waals surface area (Å²) in [7, 11) is 2.21. The molecule has 1 aliphatic heterocycles. The maximum absolute atomic E-state index is 11.8. The van der Waals surface area contributed by atoms with Crippen LogP contribution in [-0.2, 0) is 40.9 Å². The quantitative estimate of drug-likeness (QED) is 0.0790. The molecule has 0 aliphatic carbocycles. The summed E-state index contributed by atoms with van der Waals surface area (Å²) >= 11 is 0. The van der Waals surface area contributed by atoms with Crippen LogP contribution in [0.3, 0.4) is 0 Å². The highest BCUT2D eigenvalue weighted by Gasteiger charge is 2.34. The highest BCUT2D eigenvalue weighted by molar-refractivity contribution is 7.97. The van der Waals surface area contributed by atoms with Crippen LogP contribution in [0, 0.1) is 0 Å². The number of carbonyl (C=O) groups excluding carboxylic acids is 3. The van der Waals surface area contributed by atoms with E-state index in [0.717, 1.165) is 25.5 Å². The molecule has 0 unspecified atom stereocenters. The first-order chi connectivity index (χ1) is 23.3. The SMILES string of the molecule is COC(=O)C(C)(F)F.COC(=O)C(C)(F)F.O=C(C[S+]1CCCC1)c1ccccc1.c1ccc([S+](c2ccccc2)c2ccccc2)cc1. The summed E-state index contributed by atoms with van der Waals surface area (Å²) in [4.78, 5) is 35.6. The molecule has 5 rings (SSSR count). The van der Waals surface area contributed by atoms with Gasteiger partial charge in [-0.3, -0.25) is 4.79 Å². The number of hydrogen-bond acceptors (Lipinski definition) is 5. The topological polar surface area (TPSA) is 69.7 Å². The van der Waals surface area contributed by atoms with Crippen LogP contribution in [0.4, 0.5) is 17.6 Å². The zero-order valence-corrected chi connectivity index (χ0v) is 29.6. The molecule has 1 fully saturated rings. The molecule has 0 spiro atoms. The van der Waals surface area contributed by atoms with E-state index in [2.05, 4.69) is 100 Å². The van der Waals surface area contributed by atoms with Crippen LogP contribution in [-0.4, -0.2) is 61.0 Å². The van der Waals surface area contributed by atoms with Gasteiger partial charge in [0, 0.05) is 19.4 Å². The van der Waals surface area contributed by atoms with E-state index in [-0.39, 0.29) is 10.9 Å². The van der Waals surface area contributed by atoms with Gasteiger partial charge in [0.05, 0.1) is 25.1 Å². The molecular formula is C38H42F4O5S2+2. The number of alkyl halides is 4. The molecule has 0 radical (unpaired) electrons. The van der Waals surface area contributed by atoms with Gasteiger partial charge in [0.1, 0.15) is 11.5 Å². The second kappa shape index (κ2) is 21.1.